The van der Waals surface area contributed by atoms with Gasteiger partial charge in [0.2, 0.25) is 0 Å². The highest BCUT2D eigenvalue weighted by Gasteiger charge is 2.17. The molecule has 1 aliphatic rings. The number of aliphatic hydroxyl groups excluding tert-OH is 1. The summed E-state index contributed by atoms with van der Waals surface area (Å²) in [6, 6.07) is 0. The number of nitrogens with one attached hydrogen (secondary N) is 1. The molecule has 4 N–H and O–H groups in total. The first-order valence-corrected chi connectivity index (χ1v) is 3.21. The van der Waals surface area contributed by atoms with Gasteiger partial charge in [0.15, 0.2) is 5.78 Å². The summed E-state index contributed by atoms with van der Waals surface area (Å²) < 4.78 is 0. The van der Waals surface area contributed by atoms with Crippen LogP contribution >= 0.6 is 0 Å². The summed E-state index contributed by atoms with van der Waals surface area (Å²) in [5, 5.41) is 15.8. The molecule has 0 aromatic heterocycles. The molecule has 0 aliphatic heterocycles. The van der Waals surface area contributed by atoms with E-state index in [1.807, 2.05) is 0 Å². The quantitative estimate of drug-likeness (QED) is 0.538. The van der Waals surface area contributed by atoms with Crippen molar-refractivity contribution in [3.05, 3.63) is 11.3 Å². The lowest BCUT2D eigenvalue weighted by molar-refractivity contribution is -0.115. The Kier molecular flexibility index (Phi) is 3.47. The van der Waals surface area contributed by atoms with Crippen LogP contribution in [0.4, 0.5) is 0 Å². The van der Waals surface area contributed by atoms with Crippen LogP contribution in [-0.2, 0) is 4.79 Å². The van der Waals surface area contributed by atoms with E-state index in [1.54, 1.807) is 0 Å². The van der Waals surface area contributed by atoms with E-state index in [9.17, 15) is 4.79 Å². The van der Waals surface area contributed by atoms with Gasteiger partial charge in [-0.1, -0.05) is 0 Å². The lowest BCUT2D eigenvalue weighted by Crippen LogP contribution is -2.11. The molecule has 0 heterocycles. The highest BCUT2D eigenvalue weighted by molar-refractivity contribution is 6.13. The Morgan fingerprint density at radius 2 is 2.09 bits per heavy atom. The van der Waals surface area contributed by atoms with E-state index in [1.165, 1.54) is 0 Å². The molecule has 0 radical (unpaired) electrons. The van der Waals surface area contributed by atoms with Crippen LogP contribution in [0.2, 0.25) is 0 Å². The zero-order valence-corrected chi connectivity index (χ0v) is 6.05. The number of allylic oxidation sites excluding steroid dienone is 2. The number of rotatable bonds is 1. The van der Waals surface area contributed by atoms with Gasteiger partial charge < -0.3 is 16.0 Å². The zero-order chi connectivity index (χ0) is 7.56. The predicted octanol–water partition coefficient (Wildman–Crippen LogP) is 0.376. The average molecular weight is 157 g/mol. The van der Waals surface area contributed by atoms with Crippen molar-refractivity contribution in [3.8, 4) is 0 Å². The highest BCUT2D eigenvalue weighted by Crippen LogP contribution is 2.17. The van der Waals surface area contributed by atoms with Crippen LogP contribution in [0.15, 0.2) is 11.3 Å². The fraction of sp³-hybridized carbons (Fsp3) is 0.429. The van der Waals surface area contributed by atoms with Crippen molar-refractivity contribution in [1.29, 1.82) is 5.41 Å². The van der Waals surface area contributed by atoms with Gasteiger partial charge in [0, 0.05) is 19.1 Å². The van der Waals surface area contributed by atoms with E-state index in [0.29, 0.717) is 19.3 Å². The van der Waals surface area contributed by atoms with E-state index in [0.717, 1.165) is 6.21 Å². The van der Waals surface area contributed by atoms with Crippen molar-refractivity contribution in [2.75, 3.05) is 0 Å². The molecular weight excluding hydrogens is 146 g/mol. The standard InChI is InChI=1S/C7H9NO2.H2O/c8-4-5-6(9)2-1-3-7(5)10;/h4,8-9H,1-3H2;1H2. The van der Waals surface area contributed by atoms with Gasteiger partial charge in [-0.15, -0.1) is 0 Å². The smallest absolute Gasteiger partial charge is 0.167 e. The van der Waals surface area contributed by atoms with Gasteiger partial charge in [0.25, 0.3) is 0 Å². The van der Waals surface area contributed by atoms with Crippen molar-refractivity contribution in [3.63, 3.8) is 0 Å². The Hall–Kier alpha value is -1.16. The number of Topliss-reactive ketones (excluding diaryl/α,β-unsaturated/α-hetero) is 1. The lowest BCUT2D eigenvalue weighted by Gasteiger charge is -2.10. The molecule has 0 aromatic carbocycles. The molecule has 0 saturated heterocycles. The van der Waals surface area contributed by atoms with Crippen LogP contribution in [0.1, 0.15) is 19.3 Å². The molecule has 4 heteroatoms. The fourth-order valence-electron chi connectivity index (χ4n) is 1.01. The molecule has 0 spiro atoms. The van der Waals surface area contributed by atoms with Gasteiger partial charge in [0.1, 0.15) is 5.76 Å². The monoisotopic (exact) mass is 157 g/mol. The lowest BCUT2D eigenvalue weighted by atomic mass is 9.97. The van der Waals surface area contributed by atoms with Crippen molar-refractivity contribution in [2.24, 2.45) is 0 Å². The number of aliphatic hydroxyl groups is 1. The normalized spacial score (nSPS) is 17.6. The SMILES string of the molecule is N=CC1=C(O)CCCC1=O.O. The fourth-order valence-corrected chi connectivity index (χ4v) is 1.01. The predicted molar refractivity (Wildman–Crippen MR) is 40.9 cm³/mol. The molecule has 62 valence electrons. The number of hydrogen-bond acceptors (Lipinski definition) is 3. The summed E-state index contributed by atoms with van der Waals surface area (Å²) >= 11 is 0. The van der Waals surface area contributed by atoms with E-state index < -0.39 is 0 Å². The van der Waals surface area contributed by atoms with Crippen molar-refractivity contribution >= 4 is 12.0 Å². The second-order valence-corrected chi connectivity index (χ2v) is 2.28. The Labute approximate surface area is 64.4 Å². The van der Waals surface area contributed by atoms with Crippen LogP contribution in [0.5, 0.6) is 0 Å². The summed E-state index contributed by atoms with van der Waals surface area (Å²) in [7, 11) is 0. The van der Waals surface area contributed by atoms with Crippen molar-refractivity contribution in [2.45, 2.75) is 19.3 Å². The van der Waals surface area contributed by atoms with Gasteiger partial charge in [-0.25, -0.2) is 0 Å². The third-order valence-corrected chi connectivity index (χ3v) is 1.57. The van der Waals surface area contributed by atoms with Crippen molar-refractivity contribution in [1.82, 2.24) is 0 Å². The Balaban J connectivity index is 0.000001000. The average Bonchev–Trinajstić information content (AvgIpc) is 1.88. The molecule has 0 aromatic rings. The summed E-state index contributed by atoms with van der Waals surface area (Å²) in [5.74, 6) is -0.0370. The third-order valence-electron chi connectivity index (χ3n) is 1.57. The van der Waals surface area contributed by atoms with E-state index in [-0.39, 0.29) is 22.6 Å². The first-order chi connectivity index (χ1) is 4.75. The summed E-state index contributed by atoms with van der Waals surface area (Å²) in [5.41, 5.74) is 0.186. The van der Waals surface area contributed by atoms with Crippen molar-refractivity contribution < 1.29 is 15.4 Å². The second-order valence-electron chi connectivity index (χ2n) is 2.28. The molecule has 11 heavy (non-hydrogen) atoms. The molecule has 4 nitrogen and oxygen atoms in total. The van der Waals surface area contributed by atoms with Gasteiger partial charge in [-0.05, 0) is 6.42 Å². The second kappa shape index (κ2) is 3.88. The Morgan fingerprint density at radius 3 is 2.45 bits per heavy atom. The van der Waals surface area contributed by atoms with Crippen LogP contribution in [0.3, 0.4) is 0 Å². The topological polar surface area (TPSA) is 92.7 Å². The molecular formula is C7H11NO3. The van der Waals surface area contributed by atoms with E-state index in [2.05, 4.69) is 0 Å². The number of carbonyl (C=O) groups is 1. The summed E-state index contributed by atoms with van der Waals surface area (Å²) in [4.78, 5) is 10.9. The molecule has 0 saturated carbocycles. The van der Waals surface area contributed by atoms with Crippen LogP contribution < -0.4 is 0 Å². The molecule has 0 bridgehead atoms. The minimum Gasteiger partial charge on any atom is -0.512 e. The van der Waals surface area contributed by atoms with Crippen LogP contribution in [-0.4, -0.2) is 22.6 Å². The summed E-state index contributed by atoms with van der Waals surface area (Å²) in [6.07, 6.45) is 2.64. The van der Waals surface area contributed by atoms with Gasteiger partial charge >= 0.3 is 0 Å². The maximum absolute atomic E-state index is 10.9. The number of carbonyl (C=O) groups excluding carboxylic acids is 1. The van der Waals surface area contributed by atoms with Crippen LogP contribution in [0, 0.1) is 5.41 Å². The number of hydrogen-bond donors (Lipinski definition) is 2. The maximum Gasteiger partial charge on any atom is 0.167 e. The Morgan fingerprint density at radius 1 is 1.45 bits per heavy atom. The molecule has 0 atom stereocenters. The number of ketones is 1. The largest absolute Gasteiger partial charge is 0.512 e. The maximum atomic E-state index is 10.9. The first-order valence-electron chi connectivity index (χ1n) is 3.21. The highest BCUT2D eigenvalue weighted by atomic mass is 16.3. The molecule has 1 rings (SSSR count). The molecule has 0 unspecified atom stereocenters. The van der Waals surface area contributed by atoms with E-state index >= 15 is 0 Å². The molecule has 1 aliphatic carbocycles. The Bertz CT molecular complexity index is 208. The van der Waals surface area contributed by atoms with Gasteiger partial charge in [0.05, 0.1) is 5.57 Å². The minimum atomic E-state index is -0.112. The van der Waals surface area contributed by atoms with Crippen LogP contribution in [0.25, 0.3) is 0 Å². The van der Waals surface area contributed by atoms with Gasteiger partial charge in [-0.3, -0.25) is 4.79 Å². The molecule has 0 fully saturated rings. The molecule has 0 amide bonds. The third kappa shape index (κ3) is 1.88. The first kappa shape index (κ1) is 9.84. The minimum absolute atomic E-state index is 0. The summed E-state index contributed by atoms with van der Waals surface area (Å²) in [6.45, 7) is 0. The van der Waals surface area contributed by atoms with Gasteiger partial charge in [-0.2, -0.15) is 0 Å². The van der Waals surface area contributed by atoms with E-state index in [4.69, 9.17) is 10.5 Å². The zero-order valence-electron chi connectivity index (χ0n) is 6.05.